The Morgan fingerprint density at radius 3 is 2.67 bits per heavy atom. The summed E-state index contributed by atoms with van der Waals surface area (Å²) >= 11 is 17.6. The molecular weight excluding hydrogens is 254 g/mol. The van der Waals surface area contributed by atoms with Crippen molar-refractivity contribution in [3.8, 4) is 11.3 Å². The number of hydrogen-bond donors (Lipinski definition) is 1. The fourth-order valence-corrected chi connectivity index (χ4v) is 1.79. The molecule has 0 aliphatic heterocycles. The predicted molar refractivity (Wildman–Crippen MR) is 63.6 cm³/mol. The maximum Gasteiger partial charge on any atom is 0.0939 e. The van der Waals surface area contributed by atoms with Crippen LogP contribution in [0.25, 0.3) is 11.3 Å². The van der Waals surface area contributed by atoms with E-state index in [4.69, 9.17) is 34.8 Å². The van der Waals surface area contributed by atoms with E-state index in [0.717, 1.165) is 17.0 Å². The monoisotopic (exact) mass is 260 g/mol. The van der Waals surface area contributed by atoms with E-state index in [1.165, 1.54) is 0 Å². The topological polar surface area (TPSA) is 28.7 Å². The van der Waals surface area contributed by atoms with Crippen LogP contribution >= 0.6 is 34.8 Å². The fraction of sp³-hybridized carbons (Fsp3) is 0.100. The number of H-pyrrole nitrogens is 1. The third kappa shape index (κ3) is 2.28. The van der Waals surface area contributed by atoms with E-state index in [2.05, 4.69) is 10.2 Å². The lowest BCUT2D eigenvalue weighted by Gasteiger charge is -2.00. The van der Waals surface area contributed by atoms with Crippen LogP contribution in [0.4, 0.5) is 0 Å². The Balaban J connectivity index is 2.48. The molecule has 0 aliphatic rings. The number of rotatable bonds is 2. The van der Waals surface area contributed by atoms with E-state index in [1.807, 2.05) is 6.07 Å². The lowest BCUT2D eigenvalue weighted by atomic mass is 10.1. The van der Waals surface area contributed by atoms with Gasteiger partial charge >= 0.3 is 0 Å². The first-order chi connectivity index (χ1) is 7.20. The molecule has 2 rings (SSSR count). The number of alkyl halides is 1. The summed E-state index contributed by atoms with van der Waals surface area (Å²) < 4.78 is 0. The molecule has 1 N–H and O–H groups in total. The summed E-state index contributed by atoms with van der Waals surface area (Å²) in [6.07, 6.45) is 0. The van der Waals surface area contributed by atoms with Crippen LogP contribution in [0, 0.1) is 0 Å². The van der Waals surface area contributed by atoms with Crippen molar-refractivity contribution in [2.24, 2.45) is 0 Å². The van der Waals surface area contributed by atoms with Gasteiger partial charge < -0.3 is 0 Å². The summed E-state index contributed by atoms with van der Waals surface area (Å²) in [6, 6.07) is 7.11. The zero-order chi connectivity index (χ0) is 10.8. The molecule has 15 heavy (non-hydrogen) atoms. The molecule has 1 aromatic heterocycles. The van der Waals surface area contributed by atoms with Crippen LogP contribution in [0.3, 0.4) is 0 Å². The van der Waals surface area contributed by atoms with Crippen molar-refractivity contribution >= 4 is 34.8 Å². The third-order valence-corrected chi connectivity index (χ3v) is 2.83. The number of nitrogens with zero attached hydrogens (tertiary/aromatic N) is 1. The molecule has 0 atom stereocenters. The Bertz CT molecular complexity index is 479. The van der Waals surface area contributed by atoms with Gasteiger partial charge in [-0.25, -0.2) is 0 Å². The molecule has 2 aromatic rings. The highest BCUT2D eigenvalue weighted by Gasteiger charge is 2.08. The van der Waals surface area contributed by atoms with Gasteiger partial charge in [0.15, 0.2) is 0 Å². The van der Waals surface area contributed by atoms with Gasteiger partial charge in [-0.1, -0.05) is 23.2 Å². The Hall–Kier alpha value is -0.700. The van der Waals surface area contributed by atoms with Crippen LogP contribution in [-0.4, -0.2) is 10.2 Å². The van der Waals surface area contributed by atoms with Crippen molar-refractivity contribution in [1.82, 2.24) is 10.2 Å². The molecule has 0 amide bonds. The number of hydrogen-bond acceptors (Lipinski definition) is 1. The molecule has 0 saturated carbocycles. The smallest absolute Gasteiger partial charge is 0.0939 e. The highest BCUT2D eigenvalue weighted by molar-refractivity contribution is 6.35. The molecule has 2 nitrogen and oxygen atoms in total. The van der Waals surface area contributed by atoms with Crippen molar-refractivity contribution in [3.63, 3.8) is 0 Å². The number of benzene rings is 1. The molecule has 1 heterocycles. The molecule has 78 valence electrons. The Morgan fingerprint density at radius 2 is 2.00 bits per heavy atom. The van der Waals surface area contributed by atoms with Crippen LogP contribution < -0.4 is 0 Å². The van der Waals surface area contributed by atoms with Crippen molar-refractivity contribution in [1.29, 1.82) is 0 Å². The number of halogens is 3. The number of aromatic nitrogens is 2. The van der Waals surface area contributed by atoms with E-state index in [-0.39, 0.29) is 0 Å². The minimum Gasteiger partial charge on any atom is -0.281 e. The minimum atomic E-state index is 0.394. The van der Waals surface area contributed by atoms with E-state index >= 15 is 0 Å². The molecule has 0 radical (unpaired) electrons. The zero-order valence-corrected chi connectivity index (χ0v) is 9.87. The molecule has 0 aliphatic carbocycles. The van der Waals surface area contributed by atoms with Gasteiger partial charge in [-0.2, -0.15) is 5.10 Å². The third-order valence-electron chi connectivity index (χ3n) is 1.98. The summed E-state index contributed by atoms with van der Waals surface area (Å²) in [7, 11) is 0. The molecule has 1 aromatic carbocycles. The normalized spacial score (nSPS) is 10.6. The Morgan fingerprint density at radius 1 is 1.20 bits per heavy atom. The van der Waals surface area contributed by atoms with Crippen molar-refractivity contribution < 1.29 is 0 Å². The van der Waals surface area contributed by atoms with Crippen molar-refractivity contribution in [2.45, 2.75) is 5.88 Å². The minimum absolute atomic E-state index is 0.394. The first-order valence-electron chi connectivity index (χ1n) is 4.26. The SMILES string of the molecule is ClCc1cc(-c2cc(Cl)ccc2Cl)n[nH]1. The lowest BCUT2D eigenvalue weighted by molar-refractivity contribution is 1.04. The largest absolute Gasteiger partial charge is 0.281 e. The summed E-state index contributed by atoms with van der Waals surface area (Å²) in [5.41, 5.74) is 2.40. The van der Waals surface area contributed by atoms with Crippen molar-refractivity contribution in [3.05, 3.63) is 40.0 Å². The van der Waals surface area contributed by atoms with Crippen LogP contribution in [0.1, 0.15) is 5.69 Å². The summed E-state index contributed by atoms with van der Waals surface area (Å²) in [5, 5.41) is 8.17. The maximum atomic E-state index is 6.04. The molecule has 0 unspecified atom stereocenters. The van der Waals surface area contributed by atoms with Gasteiger partial charge in [0.25, 0.3) is 0 Å². The zero-order valence-electron chi connectivity index (χ0n) is 7.60. The second-order valence-corrected chi connectivity index (χ2v) is 4.15. The summed E-state index contributed by atoms with van der Waals surface area (Å²) in [5.74, 6) is 0.394. The summed E-state index contributed by atoms with van der Waals surface area (Å²) in [4.78, 5) is 0. The van der Waals surface area contributed by atoms with Crippen LogP contribution in [0.15, 0.2) is 24.3 Å². The molecule has 0 spiro atoms. The average molecular weight is 262 g/mol. The number of aromatic amines is 1. The van der Waals surface area contributed by atoms with Gasteiger partial charge in [0, 0.05) is 10.6 Å². The van der Waals surface area contributed by atoms with E-state index < -0.39 is 0 Å². The van der Waals surface area contributed by atoms with Crippen LogP contribution in [0.5, 0.6) is 0 Å². The van der Waals surface area contributed by atoms with Crippen LogP contribution in [0.2, 0.25) is 10.0 Å². The van der Waals surface area contributed by atoms with Gasteiger partial charge in [0.05, 0.1) is 22.3 Å². The summed E-state index contributed by atoms with van der Waals surface area (Å²) in [6.45, 7) is 0. The highest BCUT2D eigenvalue weighted by Crippen LogP contribution is 2.29. The average Bonchev–Trinajstić information content (AvgIpc) is 2.70. The Kier molecular flexibility index (Phi) is 3.19. The van der Waals surface area contributed by atoms with Gasteiger partial charge in [-0.15, -0.1) is 11.6 Å². The molecule has 0 fully saturated rings. The quantitative estimate of drug-likeness (QED) is 0.809. The van der Waals surface area contributed by atoms with E-state index in [1.54, 1.807) is 18.2 Å². The second-order valence-electron chi connectivity index (χ2n) is 3.04. The molecule has 5 heteroatoms. The van der Waals surface area contributed by atoms with Gasteiger partial charge in [-0.05, 0) is 24.3 Å². The number of nitrogens with one attached hydrogen (secondary N) is 1. The lowest BCUT2D eigenvalue weighted by Crippen LogP contribution is -1.79. The standard InChI is InChI=1S/C10H7Cl3N2/c11-5-7-4-10(15-14-7)8-3-6(12)1-2-9(8)13/h1-4H,5H2,(H,14,15). The fourth-order valence-electron chi connectivity index (χ4n) is 1.26. The predicted octanol–water partition coefficient (Wildman–Crippen LogP) is 4.12. The molecular formula is C10H7Cl3N2. The molecule has 0 saturated heterocycles. The maximum absolute atomic E-state index is 6.04. The van der Waals surface area contributed by atoms with Gasteiger partial charge in [0.1, 0.15) is 0 Å². The first-order valence-corrected chi connectivity index (χ1v) is 5.55. The van der Waals surface area contributed by atoms with E-state index in [0.29, 0.717) is 15.9 Å². The Labute approximate surface area is 102 Å². The van der Waals surface area contributed by atoms with E-state index in [9.17, 15) is 0 Å². The molecule has 0 bridgehead atoms. The highest BCUT2D eigenvalue weighted by atomic mass is 35.5. The first kappa shape index (κ1) is 10.8. The second kappa shape index (κ2) is 4.44. The van der Waals surface area contributed by atoms with Crippen molar-refractivity contribution in [2.75, 3.05) is 0 Å². The van der Waals surface area contributed by atoms with Gasteiger partial charge in [0.2, 0.25) is 0 Å². The van der Waals surface area contributed by atoms with Gasteiger partial charge in [-0.3, -0.25) is 5.10 Å². The van der Waals surface area contributed by atoms with Crippen LogP contribution in [-0.2, 0) is 5.88 Å².